The van der Waals surface area contributed by atoms with Gasteiger partial charge < -0.3 is 24.8 Å². The Balaban J connectivity index is 2.46. The molecule has 0 aliphatic carbocycles. The minimum atomic E-state index is -0.816. The maximum absolute atomic E-state index is 12.4. The van der Waals surface area contributed by atoms with Gasteiger partial charge in [0.1, 0.15) is 12.5 Å². The normalized spacial score (nSPS) is 19.8. The third-order valence-corrected chi connectivity index (χ3v) is 3.64. The summed E-state index contributed by atoms with van der Waals surface area (Å²) in [5, 5.41) is 5.23. The summed E-state index contributed by atoms with van der Waals surface area (Å²) in [6.07, 6.45) is 1.47. The number of amides is 2. The lowest BCUT2D eigenvalue weighted by molar-refractivity contribution is -0.147. The predicted molar refractivity (Wildman–Crippen MR) is 87.7 cm³/mol. The van der Waals surface area contributed by atoms with E-state index in [-0.39, 0.29) is 12.3 Å². The number of para-hydroxylation sites is 1. The van der Waals surface area contributed by atoms with Crippen LogP contribution in [-0.4, -0.2) is 32.8 Å². The topological polar surface area (TPSA) is 85.9 Å². The van der Waals surface area contributed by atoms with Gasteiger partial charge in [-0.05, 0) is 6.07 Å². The van der Waals surface area contributed by atoms with Crippen molar-refractivity contribution in [3.63, 3.8) is 0 Å². The van der Waals surface area contributed by atoms with E-state index in [1.54, 1.807) is 18.2 Å². The molecule has 0 bridgehead atoms. The molecule has 1 fully saturated rings. The van der Waals surface area contributed by atoms with Crippen LogP contribution in [0.5, 0.6) is 11.5 Å². The molecule has 1 aliphatic heterocycles. The van der Waals surface area contributed by atoms with Crippen molar-refractivity contribution in [3.8, 4) is 11.5 Å². The van der Waals surface area contributed by atoms with Gasteiger partial charge in [0.25, 0.3) is 0 Å². The molecule has 2 rings (SSSR count). The zero-order chi connectivity index (χ0) is 17.7. The average Bonchev–Trinajstić information content (AvgIpc) is 2.58. The van der Waals surface area contributed by atoms with Crippen LogP contribution in [0.1, 0.15) is 11.6 Å². The van der Waals surface area contributed by atoms with Crippen LogP contribution in [0.15, 0.2) is 43.1 Å². The van der Waals surface area contributed by atoms with E-state index >= 15 is 0 Å². The lowest BCUT2D eigenvalue weighted by Crippen LogP contribution is -2.51. The summed E-state index contributed by atoms with van der Waals surface area (Å²) in [6, 6.07) is 4.07. The van der Waals surface area contributed by atoms with Crippen molar-refractivity contribution in [2.75, 3.05) is 20.8 Å². The molecule has 2 amide bonds. The van der Waals surface area contributed by atoms with Gasteiger partial charge in [0.05, 0.1) is 20.3 Å². The van der Waals surface area contributed by atoms with E-state index in [9.17, 15) is 9.59 Å². The molecule has 0 radical (unpaired) electrons. The predicted octanol–water partition coefficient (Wildman–Crippen LogP) is 1.92. The largest absolute Gasteiger partial charge is 0.493 e. The van der Waals surface area contributed by atoms with Crippen molar-refractivity contribution in [1.29, 1.82) is 0 Å². The second-order valence-corrected chi connectivity index (χ2v) is 5.08. The second-order valence-electron chi connectivity index (χ2n) is 5.08. The molecular formula is C17H20N2O5. The SMILES string of the molecule is C=CCOC(=O)[C@@H]1C(=C)NC(=O)N[C@H]1c1cccc(OC)c1OC. The Labute approximate surface area is 140 Å². The van der Waals surface area contributed by atoms with Gasteiger partial charge in [-0.3, -0.25) is 4.79 Å². The van der Waals surface area contributed by atoms with E-state index in [1.807, 2.05) is 0 Å². The molecule has 0 aromatic heterocycles. The van der Waals surface area contributed by atoms with Gasteiger partial charge in [0.2, 0.25) is 0 Å². The highest BCUT2D eigenvalue weighted by molar-refractivity contribution is 5.85. The molecule has 1 saturated heterocycles. The highest BCUT2D eigenvalue weighted by Crippen LogP contribution is 2.40. The Hall–Kier alpha value is -2.96. The van der Waals surface area contributed by atoms with Crippen LogP contribution in [0.4, 0.5) is 4.79 Å². The smallest absolute Gasteiger partial charge is 0.319 e. The van der Waals surface area contributed by atoms with Gasteiger partial charge in [-0.25, -0.2) is 4.79 Å². The lowest BCUT2D eigenvalue weighted by Gasteiger charge is -2.34. The van der Waals surface area contributed by atoms with Gasteiger partial charge in [-0.1, -0.05) is 31.4 Å². The van der Waals surface area contributed by atoms with Crippen molar-refractivity contribution in [2.45, 2.75) is 6.04 Å². The number of urea groups is 1. The zero-order valence-corrected chi connectivity index (χ0v) is 13.6. The monoisotopic (exact) mass is 332 g/mol. The minimum Gasteiger partial charge on any atom is -0.493 e. The molecule has 24 heavy (non-hydrogen) atoms. The fourth-order valence-electron chi connectivity index (χ4n) is 2.61. The molecule has 2 atom stereocenters. The minimum absolute atomic E-state index is 0.0680. The van der Waals surface area contributed by atoms with Crippen LogP contribution in [-0.2, 0) is 9.53 Å². The van der Waals surface area contributed by atoms with Crippen LogP contribution in [0.25, 0.3) is 0 Å². The third kappa shape index (κ3) is 3.34. The second kappa shape index (κ2) is 7.54. The number of ether oxygens (including phenoxy) is 3. The van der Waals surface area contributed by atoms with Crippen molar-refractivity contribution in [1.82, 2.24) is 10.6 Å². The van der Waals surface area contributed by atoms with Crippen molar-refractivity contribution >= 4 is 12.0 Å². The van der Waals surface area contributed by atoms with Crippen molar-refractivity contribution in [2.24, 2.45) is 5.92 Å². The van der Waals surface area contributed by atoms with E-state index in [4.69, 9.17) is 14.2 Å². The molecule has 0 spiro atoms. The summed E-state index contributed by atoms with van der Waals surface area (Å²) < 4.78 is 15.8. The zero-order valence-electron chi connectivity index (χ0n) is 13.6. The van der Waals surface area contributed by atoms with E-state index in [0.717, 1.165) is 0 Å². The number of hydrogen-bond acceptors (Lipinski definition) is 5. The fourth-order valence-corrected chi connectivity index (χ4v) is 2.61. The highest BCUT2D eigenvalue weighted by Gasteiger charge is 2.40. The summed E-state index contributed by atoms with van der Waals surface area (Å²) in [4.78, 5) is 24.3. The first-order valence-electron chi connectivity index (χ1n) is 7.28. The Bertz CT molecular complexity index is 671. The molecular weight excluding hydrogens is 312 g/mol. The summed E-state index contributed by atoms with van der Waals surface area (Å²) in [6.45, 7) is 7.36. The number of rotatable bonds is 6. The maximum atomic E-state index is 12.4. The van der Waals surface area contributed by atoms with Gasteiger partial charge in [0.15, 0.2) is 11.5 Å². The first kappa shape index (κ1) is 17.4. The van der Waals surface area contributed by atoms with Crippen LogP contribution < -0.4 is 20.1 Å². The molecule has 0 saturated carbocycles. The number of methoxy groups -OCH3 is 2. The van der Waals surface area contributed by atoms with E-state index < -0.39 is 24.0 Å². The Morgan fingerprint density at radius 2 is 2.08 bits per heavy atom. The van der Waals surface area contributed by atoms with Gasteiger partial charge >= 0.3 is 12.0 Å². The summed E-state index contributed by atoms with van der Waals surface area (Å²) in [7, 11) is 3.00. The summed E-state index contributed by atoms with van der Waals surface area (Å²) in [5.74, 6) is -0.418. The molecule has 7 nitrogen and oxygen atoms in total. The fraction of sp³-hybridized carbons (Fsp3) is 0.294. The van der Waals surface area contributed by atoms with E-state index in [1.165, 1.54) is 20.3 Å². The van der Waals surface area contributed by atoms with Gasteiger partial charge in [0, 0.05) is 11.3 Å². The van der Waals surface area contributed by atoms with Crippen LogP contribution in [0.2, 0.25) is 0 Å². The summed E-state index contributed by atoms with van der Waals surface area (Å²) in [5.41, 5.74) is 0.844. The molecule has 2 N–H and O–H groups in total. The van der Waals surface area contributed by atoms with Crippen molar-refractivity contribution < 1.29 is 23.8 Å². The molecule has 0 unspecified atom stereocenters. The number of esters is 1. The van der Waals surface area contributed by atoms with Crippen LogP contribution in [0, 0.1) is 5.92 Å². The standard InChI is InChI=1S/C17H20N2O5/c1-5-9-24-16(20)13-10(2)18-17(21)19-14(13)11-7-6-8-12(22-3)15(11)23-4/h5-8,13-14H,1-2,9H2,3-4H3,(H2,18,19,21)/t13-,14+/m1/s1. The third-order valence-electron chi connectivity index (χ3n) is 3.64. The molecule has 1 aromatic rings. The van der Waals surface area contributed by atoms with E-state index in [0.29, 0.717) is 17.1 Å². The molecule has 1 aliphatic rings. The number of hydrogen-bond donors (Lipinski definition) is 2. The Kier molecular flexibility index (Phi) is 5.47. The number of nitrogens with one attached hydrogen (secondary N) is 2. The Morgan fingerprint density at radius 1 is 1.33 bits per heavy atom. The quantitative estimate of drug-likeness (QED) is 0.614. The molecule has 1 aromatic carbocycles. The van der Waals surface area contributed by atoms with Gasteiger partial charge in [-0.2, -0.15) is 0 Å². The van der Waals surface area contributed by atoms with Crippen LogP contribution in [0.3, 0.4) is 0 Å². The first-order valence-corrected chi connectivity index (χ1v) is 7.28. The molecule has 1 heterocycles. The highest BCUT2D eigenvalue weighted by atomic mass is 16.5. The number of carbonyl (C=O) groups is 2. The van der Waals surface area contributed by atoms with Crippen LogP contribution >= 0.6 is 0 Å². The first-order chi connectivity index (χ1) is 11.5. The maximum Gasteiger partial charge on any atom is 0.319 e. The summed E-state index contributed by atoms with van der Waals surface area (Å²) >= 11 is 0. The Morgan fingerprint density at radius 3 is 2.71 bits per heavy atom. The van der Waals surface area contributed by atoms with Crippen molar-refractivity contribution in [3.05, 3.63) is 48.7 Å². The van der Waals surface area contributed by atoms with Gasteiger partial charge in [-0.15, -0.1) is 0 Å². The van der Waals surface area contributed by atoms with E-state index in [2.05, 4.69) is 23.8 Å². The number of benzene rings is 1. The molecule has 128 valence electrons. The number of carbonyl (C=O) groups excluding carboxylic acids is 2. The lowest BCUT2D eigenvalue weighted by atomic mass is 9.88. The molecule has 7 heteroatoms. The average molecular weight is 332 g/mol.